The fourth-order valence-corrected chi connectivity index (χ4v) is 5.02. The summed E-state index contributed by atoms with van der Waals surface area (Å²) in [6.07, 6.45) is 5.59. The SMILES string of the molecule is N#Cc1ccc(COc2nccc(C3=CCN(Cc4nc5ccc(C(=O)O)cc5n4C[C@@H]4CCO4)CC3)n2)c(F)c1. The van der Waals surface area contributed by atoms with E-state index in [4.69, 9.17) is 19.7 Å². The third-order valence-corrected chi connectivity index (χ3v) is 7.41. The van der Waals surface area contributed by atoms with Crippen LogP contribution in [0.3, 0.4) is 0 Å². The van der Waals surface area contributed by atoms with Gasteiger partial charge in [-0.15, -0.1) is 0 Å². The predicted octanol–water partition coefficient (Wildman–Crippen LogP) is 4.19. The maximum Gasteiger partial charge on any atom is 0.335 e. The number of aromatic carboxylic acids is 1. The summed E-state index contributed by atoms with van der Waals surface area (Å²) in [5.74, 6) is -0.594. The zero-order valence-electron chi connectivity index (χ0n) is 22.2. The molecule has 0 radical (unpaired) electrons. The van der Waals surface area contributed by atoms with E-state index in [-0.39, 0.29) is 29.8 Å². The number of rotatable bonds is 9. The fraction of sp³-hybridized carbons (Fsp3) is 0.300. The van der Waals surface area contributed by atoms with E-state index in [0.717, 1.165) is 54.1 Å². The third-order valence-electron chi connectivity index (χ3n) is 7.41. The summed E-state index contributed by atoms with van der Waals surface area (Å²) in [7, 11) is 0. The highest BCUT2D eigenvalue weighted by molar-refractivity contribution is 5.92. The van der Waals surface area contributed by atoms with Crippen molar-refractivity contribution in [3.63, 3.8) is 0 Å². The summed E-state index contributed by atoms with van der Waals surface area (Å²) >= 11 is 0. The maximum absolute atomic E-state index is 14.2. The highest BCUT2D eigenvalue weighted by atomic mass is 19.1. The molecule has 4 heterocycles. The van der Waals surface area contributed by atoms with Crippen LogP contribution in [0.1, 0.15) is 45.8 Å². The summed E-state index contributed by atoms with van der Waals surface area (Å²) in [6.45, 7) is 3.42. The van der Waals surface area contributed by atoms with E-state index in [1.165, 1.54) is 12.1 Å². The molecule has 1 saturated heterocycles. The van der Waals surface area contributed by atoms with Crippen molar-refractivity contribution in [2.45, 2.75) is 38.6 Å². The molecule has 0 spiro atoms. The smallest absolute Gasteiger partial charge is 0.335 e. The number of nitrogens with zero attached hydrogens (tertiary/aromatic N) is 6. The molecule has 0 amide bonds. The van der Waals surface area contributed by atoms with Gasteiger partial charge in [-0.1, -0.05) is 12.1 Å². The van der Waals surface area contributed by atoms with Crippen LogP contribution in [0.2, 0.25) is 0 Å². The van der Waals surface area contributed by atoms with Gasteiger partial charge in [0.1, 0.15) is 18.2 Å². The molecule has 6 rings (SSSR count). The van der Waals surface area contributed by atoms with Gasteiger partial charge in [-0.25, -0.2) is 19.2 Å². The predicted molar refractivity (Wildman–Crippen MR) is 146 cm³/mol. The number of carboxylic acid groups (broad SMARTS) is 1. The van der Waals surface area contributed by atoms with Gasteiger partial charge in [-0.3, -0.25) is 4.90 Å². The van der Waals surface area contributed by atoms with Gasteiger partial charge in [-0.2, -0.15) is 10.2 Å². The van der Waals surface area contributed by atoms with Crippen LogP contribution >= 0.6 is 0 Å². The van der Waals surface area contributed by atoms with E-state index in [0.29, 0.717) is 25.2 Å². The highest BCUT2D eigenvalue weighted by Crippen LogP contribution is 2.26. The molecular weight excluding hydrogens is 527 g/mol. The summed E-state index contributed by atoms with van der Waals surface area (Å²) in [6, 6.07) is 13.2. The van der Waals surface area contributed by atoms with Crippen molar-refractivity contribution >= 4 is 22.6 Å². The van der Waals surface area contributed by atoms with E-state index in [2.05, 4.69) is 25.5 Å². The molecule has 41 heavy (non-hydrogen) atoms. The zero-order chi connectivity index (χ0) is 28.3. The Bertz CT molecular complexity index is 1690. The molecule has 2 aromatic heterocycles. The average Bonchev–Trinajstić information content (AvgIpc) is 3.30. The first-order valence-electron chi connectivity index (χ1n) is 13.4. The van der Waals surface area contributed by atoms with Crippen LogP contribution in [-0.4, -0.2) is 61.3 Å². The quantitative estimate of drug-likeness (QED) is 0.324. The van der Waals surface area contributed by atoms with Crippen LogP contribution in [0.15, 0.2) is 54.7 Å². The van der Waals surface area contributed by atoms with Crippen LogP contribution in [-0.2, 0) is 24.4 Å². The number of carbonyl (C=O) groups is 1. The average molecular weight is 555 g/mol. The second-order valence-corrected chi connectivity index (χ2v) is 10.1. The summed E-state index contributed by atoms with van der Waals surface area (Å²) in [5, 5.41) is 18.4. The van der Waals surface area contributed by atoms with Crippen LogP contribution in [0.5, 0.6) is 6.01 Å². The Hall–Kier alpha value is -4.66. The van der Waals surface area contributed by atoms with Crippen molar-refractivity contribution in [1.82, 2.24) is 24.4 Å². The van der Waals surface area contributed by atoms with Crippen molar-refractivity contribution in [2.75, 3.05) is 19.7 Å². The molecule has 0 bridgehead atoms. The lowest BCUT2D eigenvalue weighted by Crippen LogP contribution is -2.33. The van der Waals surface area contributed by atoms with Crippen molar-refractivity contribution in [3.8, 4) is 12.1 Å². The molecule has 0 aliphatic carbocycles. The van der Waals surface area contributed by atoms with Crippen LogP contribution in [0.4, 0.5) is 4.39 Å². The zero-order valence-corrected chi connectivity index (χ0v) is 22.2. The topological polar surface area (TPSA) is 126 Å². The number of aromatic nitrogens is 4. The molecule has 4 aromatic rings. The molecular formula is C30H27FN6O4. The monoisotopic (exact) mass is 554 g/mol. The minimum atomic E-state index is -0.963. The summed E-state index contributed by atoms with van der Waals surface area (Å²) < 4.78 is 27.6. The van der Waals surface area contributed by atoms with Gasteiger partial charge in [0, 0.05) is 31.5 Å². The second-order valence-electron chi connectivity index (χ2n) is 10.1. The van der Waals surface area contributed by atoms with Crippen LogP contribution in [0, 0.1) is 17.1 Å². The Balaban J connectivity index is 1.14. The van der Waals surface area contributed by atoms with Crippen LogP contribution < -0.4 is 4.74 Å². The number of imidazole rings is 1. The number of carboxylic acids is 1. The first kappa shape index (κ1) is 26.6. The van der Waals surface area contributed by atoms with E-state index >= 15 is 0 Å². The van der Waals surface area contributed by atoms with Gasteiger partial charge in [0.25, 0.3) is 0 Å². The minimum Gasteiger partial charge on any atom is -0.478 e. The lowest BCUT2D eigenvalue weighted by atomic mass is 10.0. The maximum atomic E-state index is 14.2. The number of fused-ring (bicyclic) bond motifs is 1. The van der Waals surface area contributed by atoms with E-state index in [9.17, 15) is 14.3 Å². The molecule has 0 saturated carbocycles. The molecule has 11 heteroatoms. The van der Waals surface area contributed by atoms with Gasteiger partial charge in [0.05, 0.1) is 53.1 Å². The number of nitriles is 1. The second kappa shape index (κ2) is 11.4. The number of ether oxygens (including phenoxy) is 2. The number of benzene rings is 2. The fourth-order valence-electron chi connectivity index (χ4n) is 5.02. The highest BCUT2D eigenvalue weighted by Gasteiger charge is 2.24. The summed E-state index contributed by atoms with van der Waals surface area (Å²) in [4.78, 5) is 27.4. The van der Waals surface area contributed by atoms with E-state index in [1.807, 2.05) is 12.1 Å². The standard InChI is InChI=1S/C30H27FN6O4/c31-24-13-19(15-32)1-2-22(24)18-41-30-33-9-5-25(35-30)20-6-10-36(11-7-20)17-28-34-26-4-3-21(29(38)39)14-27(26)37(28)16-23-8-12-40-23/h1-6,9,13-14,23H,7-8,10-12,16-18H2,(H,38,39)/t23-/m0/s1. The Morgan fingerprint density at radius 3 is 2.80 bits per heavy atom. The van der Waals surface area contributed by atoms with Crippen molar-refractivity contribution in [1.29, 1.82) is 5.26 Å². The molecule has 1 fully saturated rings. The first-order chi connectivity index (χ1) is 20.0. The molecule has 2 aliphatic heterocycles. The lowest BCUT2D eigenvalue weighted by molar-refractivity contribution is -0.0591. The summed E-state index contributed by atoms with van der Waals surface area (Å²) in [5.41, 5.74) is 4.20. The van der Waals surface area contributed by atoms with E-state index < -0.39 is 11.8 Å². The van der Waals surface area contributed by atoms with Crippen molar-refractivity contribution in [3.05, 3.63) is 88.8 Å². The van der Waals surface area contributed by atoms with Gasteiger partial charge in [-0.05, 0) is 54.8 Å². The molecule has 208 valence electrons. The number of hydrogen-bond donors (Lipinski definition) is 1. The number of hydrogen-bond acceptors (Lipinski definition) is 8. The van der Waals surface area contributed by atoms with Gasteiger partial charge < -0.3 is 19.1 Å². The lowest BCUT2D eigenvalue weighted by Gasteiger charge is -2.29. The molecule has 10 nitrogen and oxygen atoms in total. The molecule has 2 aliphatic rings. The van der Waals surface area contributed by atoms with Crippen LogP contribution in [0.25, 0.3) is 16.6 Å². The Morgan fingerprint density at radius 2 is 2.10 bits per heavy atom. The van der Waals surface area contributed by atoms with Gasteiger partial charge in [0.2, 0.25) is 0 Å². The molecule has 0 unspecified atom stereocenters. The van der Waals surface area contributed by atoms with Gasteiger partial charge in [0.15, 0.2) is 0 Å². The van der Waals surface area contributed by atoms with E-state index in [1.54, 1.807) is 30.5 Å². The Morgan fingerprint density at radius 1 is 1.22 bits per heavy atom. The third kappa shape index (κ3) is 5.79. The Labute approximate surface area is 235 Å². The first-order valence-corrected chi connectivity index (χ1v) is 13.4. The van der Waals surface area contributed by atoms with Gasteiger partial charge >= 0.3 is 12.0 Å². The largest absolute Gasteiger partial charge is 0.478 e. The molecule has 1 atom stereocenters. The molecule has 2 aromatic carbocycles. The van der Waals surface area contributed by atoms with Crippen molar-refractivity contribution in [2.24, 2.45) is 0 Å². The minimum absolute atomic E-state index is 0.0469. The number of halogens is 1. The van der Waals surface area contributed by atoms with Crippen molar-refractivity contribution < 1.29 is 23.8 Å². The Kier molecular flexibility index (Phi) is 7.41. The molecule has 1 N–H and O–H groups in total. The normalized spacial score (nSPS) is 17.1.